The first-order valence-electron chi connectivity index (χ1n) is 6.81. The van der Waals surface area contributed by atoms with Gasteiger partial charge >= 0.3 is 0 Å². The van der Waals surface area contributed by atoms with Crippen LogP contribution in [0.3, 0.4) is 0 Å². The first-order valence-corrected chi connectivity index (χ1v) is 6.81. The summed E-state index contributed by atoms with van der Waals surface area (Å²) < 4.78 is 0. The lowest BCUT2D eigenvalue weighted by Gasteiger charge is -2.16. The summed E-state index contributed by atoms with van der Waals surface area (Å²) in [5.74, 6) is -0.0318. The molecule has 0 bridgehead atoms. The third-order valence-electron chi connectivity index (χ3n) is 3.48. The van der Waals surface area contributed by atoms with Crippen molar-refractivity contribution in [1.82, 2.24) is 4.98 Å². The number of nitrogens with zero attached hydrogens (tertiary/aromatic N) is 2. The van der Waals surface area contributed by atoms with Crippen LogP contribution in [-0.2, 0) is 9.59 Å². The average Bonchev–Trinajstić information content (AvgIpc) is 2.91. The summed E-state index contributed by atoms with van der Waals surface area (Å²) in [6.07, 6.45) is 1.85. The number of hydrogen-bond acceptors (Lipinski definition) is 3. The van der Waals surface area contributed by atoms with Crippen molar-refractivity contribution in [2.24, 2.45) is 5.92 Å². The van der Waals surface area contributed by atoms with Gasteiger partial charge in [0.15, 0.2) is 0 Å². The lowest BCUT2D eigenvalue weighted by molar-refractivity contribution is -0.122. The molecular formula is C16H15N3O2. The standard InChI is InChI=1S/C16H15N3O2/c20-15-10-12(11-19(15)13-6-2-1-3-7-13)16(21)18-14-8-4-5-9-17-14/h1-9,12H,10-11H2,(H,17,18,21). The molecule has 5 nitrogen and oxygen atoms in total. The predicted octanol–water partition coefficient (Wildman–Crippen LogP) is 2.07. The Kier molecular flexibility index (Phi) is 3.64. The highest BCUT2D eigenvalue weighted by atomic mass is 16.2. The molecule has 2 heterocycles. The van der Waals surface area contributed by atoms with Gasteiger partial charge in [-0.2, -0.15) is 0 Å². The topological polar surface area (TPSA) is 62.3 Å². The maximum Gasteiger partial charge on any atom is 0.230 e. The van der Waals surface area contributed by atoms with Gasteiger partial charge in [0, 0.05) is 24.8 Å². The Labute approximate surface area is 122 Å². The van der Waals surface area contributed by atoms with Gasteiger partial charge in [0.25, 0.3) is 0 Å². The summed E-state index contributed by atoms with van der Waals surface area (Å²) in [7, 11) is 0. The van der Waals surface area contributed by atoms with Gasteiger partial charge in [-0.05, 0) is 24.3 Å². The molecule has 1 atom stereocenters. The minimum absolute atomic E-state index is 0.0256. The summed E-state index contributed by atoms with van der Waals surface area (Å²) in [4.78, 5) is 30.0. The molecule has 5 heteroatoms. The number of para-hydroxylation sites is 1. The number of hydrogen-bond donors (Lipinski definition) is 1. The van der Waals surface area contributed by atoms with Crippen LogP contribution in [-0.4, -0.2) is 23.3 Å². The number of carbonyl (C=O) groups excluding carboxylic acids is 2. The van der Waals surface area contributed by atoms with Crippen molar-refractivity contribution in [2.75, 3.05) is 16.8 Å². The van der Waals surface area contributed by atoms with Crippen LogP contribution in [0.2, 0.25) is 0 Å². The molecule has 1 aliphatic rings. The lowest BCUT2D eigenvalue weighted by Crippen LogP contribution is -2.28. The van der Waals surface area contributed by atoms with Crippen LogP contribution in [0.15, 0.2) is 54.7 Å². The normalized spacial score (nSPS) is 17.8. The summed E-state index contributed by atoms with van der Waals surface area (Å²) in [6, 6.07) is 14.7. The smallest absolute Gasteiger partial charge is 0.230 e. The van der Waals surface area contributed by atoms with E-state index in [9.17, 15) is 9.59 Å². The highest BCUT2D eigenvalue weighted by molar-refractivity contribution is 6.03. The molecule has 0 spiro atoms. The van der Waals surface area contributed by atoms with Gasteiger partial charge in [-0.3, -0.25) is 9.59 Å². The van der Waals surface area contributed by atoms with Gasteiger partial charge < -0.3 is 10.2 Å². The van der Waals surface area contributed by atoms with Gasteiger partial charge in [0.2, 0.25) is 11.8 Å². The minimum atomic E-state index is -0.347. The molecule has 1 fully saturated rings. The van der Waals surface area contributed by atoms with Crippen molar-refractivity contribution < 1.29 is 9.59 Å². The van der Waals surface area contributed by atoms with Gasteiger partial charge in [-0.15, -0.1) is 0 Å². The summed E-state index contributed by atoms with van der Waals surface area (Å²) in [6.45, 7) is 0.404. The Bertz CT molecular complexity index is 643. The third kappa shape index (κ3) is 2.91. The molecule has 1 N–H and O–H groups in total. The van der Waals surface area contributed by atoms with Crippen LogP contribution in [0.5, 0.6) is 0 Å². The molecule has 1 unspecified atom stereocenters. The fourth-order valence-corrected chi connectivity index (χ4v) is 2.41. The van der Waals surface area contributed by atoms with Gasteiger partial charge in [0.05, 0.1) is 5.92 Å². The van der Waals surface area contributed by atoms with Crippen molar-refractivity contribution in [3.63, 3.8) is 0 Å². The van der Waals surface area contributed by atoms with E-state index >= 15 is 0 Å². The number of benzene rings is 1. The quantitative estimate of drug-likeness (QED) is 0.936. The van der Waals surface area contributed by atoms with Crippen LogP contribution >= 0.6 is 0 Å². The molecule has 0 saturated carbocycles. The number of pyridine rings is 1. The van der Waals surface area contributed by atoms with Crippen molar-refractivity contribution in [3.8, 4) is 0 Å². The van der Waals surface area contributed by atoms with E-state index in [2.05, 4.69) is 10.3 Å². The van der Waals surface area contributed by atoms with E-state index in [1.807, 2.05) is 30.3 Å². The Morgan fingerprint density at radius 2 is 1.90 bits per heavy atom. The van der Waals surface area contributed by atoms with Crippen LogP contribution in [0.1, 0.15) is 6.42 Å². The van der Waals surface area contributed by atoms with Crippen molar-refractivity contribution >= 4 is 23.3 Å². The number of anilines is 2. The second-order valence-corrected chi connectivity index (χ2v) is 4.95. The van der Waals surface area contributed by atoms with Crippen LogP contribution in [0.25, 0.3) is 0 Å². The molecule has 106 valence electrons. The number of rotatable bonds is 3. The number of amides is 2. The van der Waals surface area contributed by atoms with E-state index in [1.165, 1.54) is 0 Å². The Hall–Kier alpha value is -2.69. The molecule has 0 aliphatic carbocycles. The Balaban J connectivity index is 1.68. The second kappa shape index (κ2) is 5.75. The summed E-state index contributed by atoms with van der Waals surface area (Å²) in [5.41, 5.74) is 0.829. The second-order valence-electron chi connectivity index (χ2n) is 4.95. The molecule has 1 aromatic carbocycles. The van der Waals surface area contributed by atoms with Crippen molar-refractivity contribution in [2.45, 2.75) is 6.42 Å². The molecule has 1 aromatic heterocycles. The van der Waals surface area contributed by atoms with E-state index in [-0.39, 0.29) is 24.2 Å². The minimum Gasteiger partial charge on any atom is -0.312 e. The Morgan fingerprint density at radius 3 is 2.62 bits per heavy atom. The monoisotopic (exact) mass is 281 g/mol. The first-order chi connectivity index (χ1) is 10.2. The van der Waals surface area contributed by atoms with E-state index in [0.29, 0.717) is 12.4 Å². The van der Waals surface area contributed by atoms with Crippen molar-refractivity contribution in [1.29, 1.82) is 0 Å². The molecule has 2 aromatic rings. The first kappa shape index (κ1) is 13.3. The van der Waals surface area contributed by atoms with Crippen LogP contribution in [0.4, 0.5) is 11.5 Å². The zero-order valence-electron chi connectivity index (χ0n) is 11.4. The Morgan fingerprint density at radius 1 is 1.14 bits per heavy atom. The largest absolute Gasteiger partial charge is 0.312 e. The molecule has 21 heavy (non-hydrogen) atoms. The average molecular weight is 281 g/mol. The van der Waals surface area contributed by atoms with Gasteiger partial charge in [0.1, 0.15) is 5.82 Å². The molecule has 1 saturated heterocycles. The predicted molar refractivity (Wildman–Crippen MR) is 79.8 cm³/mol. The highest BCUT2D eigenvalue weighted by Gasteiger charge is 2.35. The van der Waals surface area contributed by atoms with E-state index < -0.39 is 0 Å². The van der Waals surface area contributed by atoms with E-state index in [0.717, 1.165) is 5.69 Å². The summed E-state index contributed by atoms with van der Waals surface area (Å²) >= 11 is 0. The van der Waals surface area contributed by atoms with E-state index in [4.69, 9.17) is 0 Å². The molecule has 0 radical (unpaired) electrons. The maximum atomic E-state index is 12.2. The third-order valence-corrected chi connectivity index (χ3v) is 3.48. The highest BCUT2D eigenvalue weighted by Crippen LogP contribution is 2.25. The summed E-state index contributed by atoms with van der Waals surface area (Å²) in [5, 5.41) is 2.75. The van der Waals surface area contributed by atoms with Gasteiger partial charge in [-0.1, -0.05) is 24.3 Å². The van der Waals surface area contributed by atoms with Crippen LogP contribution < -0.4 is 10.2 Å². The lowest BCUT2D eigenvalue weighted by atomic mass is 10.1. The van der Waals surface area contributed by atoms with Gasteiger partial charge in [-0.25, -0.2) is 4.98 Å². The SMILES string of the molecule is O=C(Nc1ccccn1)C1CC(=O)N(c2ccccc2)C1. The number of carbonyl (C=O) groups is 2. The fraction of sp³-hybridized carbons (Fsp3) is 0.188. The molecule has 2 amide bonds. The zero-order valence-corrected chi connectivity index (χ0v) is 11.4. The van der Waals surface area contributed by atoms with Crippen LogP contribution in [0, 0.1) is 5.92 Å². The molecule has 3 rings (SSSR count). The maximum absolute atomic E-state index is 12.2. The van der Waals surface area contributed by atoms with Crippen molar-refractivity contribution in [3.05, 3.63) is 54.7 Å². The van der Waals surface area contributed by atoms with E-state index in [1.54, 1.807) is 29.3 Å². The zero-order chi connectivity index (χ0) is 14.7. The number of nitrogens with one attached hydrogen (secondary N) is 1. The number of aromatic nitrogens is 1. The molecule has 1 aliphatic heterocycles. The molecular weight excluding hydrogens is 266 g/mol. The fourth-order valence-electron chi connectivity index (χ4n) is 2.41.